The van der Waals surface area contributed by atoms with E-state index >= 15 is 0 Å². The van der Waals surface area contributed by atoms with Gasteiger partial charge in [0.05, 0.1) is 19.9 Å². The molecule has 0 radical (unpaired) electrons. The van der Waals surface area contributed by atoms with Crippen molar-refractivity contribution in [2.24, 2.45) is 5.10 Å². The predicted octanol–water partition coefficient (Wildman–Crippen LogP) is 4.91. The number of benzene rings is 2. The molecule has 0 unspecified atom stereocenters. The molecule has 0 heterocycles. The van der Waals surface area contributed by atoms with Crippen molar-refractivity contribution in [1.82, 2.24) is 5.43 Å². The lowest BCUT2D eigenvalue weighted by atomic mass is 9.84. The number of ether oxygens (including phenoxy) is 2. The lowest BCUT2D eigenvalue weighted by Crippen LogP contribution is -2.19. The highest BCUT2D eigenvalue weighted by atomic mass is 16.5. The van der Waals surface area contributed by atoms with Crippen LogP contribution < -0.4 is 14.9 Å². The first-order valence-corrected chi connectivity index (χ1v) is 9.79. The number of amides is 1. The number of methoxy groups -OCH3 is 2. The zero-order valence-corrected chi connectivity index (χ0v) is 16.8. The van der Waals surface area contributed by atoms with Crippen LogP contribution in [-0.4, -0.2) is 25.8 Å². The second-order valence-corrected chi connectivity index (χ2v) is 7.16. The maximum Gasteiger partial charge on any atom is 0.271 e. The third-order valence-corrected chi connectivity index (χ3v) is 5.38. The molecule has 3 rings (SSSR count). The lowest BCUT2D eigenvalue weighted by molar-refractivity contribution is 0.0954. The largest absolute Gasteiger partial charge is 0.493 e. The Morgan fingerprint density at radius 3 is 2.21 bits per heavy atom. The van der Waals surface area contributed by atoms with Gasteiger partial charge in [-0.15, -0.1) is 0 Å². The molecule has 5 heteroatoms. The zero-order chi connectivity index (χ0) is 19.9. The summed E-state index contributed by atoms with van der Waals surface area (Å²) in [7, 11) is 3.10. The Kier molecular flexibility index (Phi) is 6.69. The van der Waals surface area contributed by atoms with Crippen molar-refractivity contribution < 1.29 is 14.3 Å². The maximum atomic E-state index is 12.4. The normalized spacial score (nSPS) is 15.2. The first-order valence-electron chi connectivity index (χ1n) is 9.79. The summed E-state index contributed by atoms with van der Waals surface area (Å²) in [5.74, 6) is 1.48. The van der Waals surface area contributed by atoms with E-state index < -0.39 is 0 Å². The van der Waals surface area contributed by atoms with Crippen LogP contribution in [0.1, 0.15) is 66.4 Å². The molecule has 2 aromatic rings. The molecule has 0 aliphatic heterocycles. The summed E-state index contributed by atoms with van der Waals surface area (Å²) in [6, 6.07) is 13.6. The van der Waals surface area contributed by atoms with Gasteiger partial charge in [-0.1, -0.05) is 43.5 Å². The van der Waals surface area contributed by atoms with E-state index in [0.717, 1.165) is 11.3 Å². The molecule has 0 saturated heterocycles. The van der Waals surface area contributed by atoms with Crippen molar-refractivity contribution in [3.05, 3.63) is 59.2 Å². The highest BCUT2D eigenvalue weighted by Crippen LogP contribution is 2.32. The average Bonchev–Trinajstić information content (AvgIpc) is 2.77. The minimum absolute atomic E-state index is 0.292. The third kappa shape index (κ3) is 4.71. The zero-order valence-electron chi connectivity index (χ0n) is 16.8. The van der Waals surface area contributed by atoms with Gasteiger partial charge in [0.15, 0.2) is 11.5 Å². The first kappa shape index (κ1) is 19.9. The number of rotatable bonds is 6. The summed E-state index contributed by atoms with van der Waals surface area (Å²) in [6.07, 6.45) is 6.59. The second-order valence-electron chi connectivity index (χ2n) is 7.16. The monoisotopic (exact) mass is 380 g/mol. The van der Waals surface area contributed by atoms with Crippen molar-refractivity contribution in [1.29, 1.82) is 0 Å². The molecule has 1 N–H and O–H groups in total. The SMILES string of the molecule is COc1ccc(C(=O)NN=C(C)c2ccc(C3CCCCC3)cc2)cc1OC. The lowest BCUT2D eigenvalue weighted by Gasteiger charge is -2.22. The molecular weight excluding hydrogens is 352 g/mol. The number of nitrogens with zero attached hydrogens (tertiary/aromatic N) is 1. The summed E-state index contributed by atoms with van der Waals surface area (Å²) >= 11 is 0. The Balaban J connectivity index is 1.65. The van der Waals surface area contributed by atoms with Gasteiger partial charge in [0.25, 0.3) is 5.91 Å². The van der Waals surface area contributed by atoms with Gasteiger partial charge < -0.3 is 9.47 Å². The van der Waals surface area contributed by atoms with E-state index in [1.165, 1.54) is 37.7 Å². The Hall–Kier alpha value is -2.82. The Morgan fingerprint density at radius 1 is 0.929 bits per heavy atom. The molecule has 1 aliphatic rings. The summed E-state index contributed by atoms with van der Waals surface area (Å²) < 4.78 is 10.4. The Morgan fingerprint density at radius 2 is 1.57 bits per heavy atom. The molecule has 0 aromatic heterocycles. The van der Waals surface area contributed by atoms with E-state index in [9.17, 15) is 4.79 Å². The van der Waals surface area contributed by atoms with E-state index in [1.54, 1.807) is 32.4 Å². The van der Waals surface area contributed by atoms with Gasteiger partial charge in [-0.2, -0.15) is 5.10 Å². The first-order chi connectivity index (χ1) is 13.6. The van der Waals surface area contributed by atoms with Gasteiger partial charge in [-0.05, 0) is 55.0 Å². The van der Waals surface area contributed by atoms with E-state index in [1.807, 2.05) is 6.92 Å². The minimum Gasteiger partial charge on any atom is -0.493 e. The maximum absolute atomic E-state index is 12.4. The van der Waals surface area contributed by atoms with Gasteiger partial charge in [-0.3, -0.25) is 4.79 Å². The van der Waals surface area contributed by atoms with E-state index in [4.69, 9.17) is 9.47 Å². The molecule has 1 fully saturated rings. The molecule has 0 spiro atoms. The fourth-order valence-corrected chi connectivity index (χ4v) is 3.67. The minimum atomic E-state index is -0.292. The van der Waals surface area contributed by atoms with Crippen LogP contribution in [0.3, 0.4) is 0 Å². The summed E-state index contributed by atoms with van der Waals surface area (Å²) in [4.78, 5) is 12.4. The van der Waals surface area contributed by atoms with E-state index in [-0.39, 0.29) is 5.91 Å². The van der Waals surface area contributed by atoms with Crippen molar-refractivity contribution in [2.45, 2.75) is 44.9 Å². The van der Waals surface area contributed by atoms with Crippen LogP contribution in [0.2, 0.25) is 0 Å². The van der Waals surface area contributed by atoms with Crippen LogP contribution >= 0.6 is 0 Å². The van der Waals surface area contributed by atoms with Crippen molar-refractivity contribution in [3.63, 3.8) is 0 Å². The standard InChI is InChI=1S/C23H28N2O3/c1-16(17-9-11-19(12-10-17)18-7-5-4-6-8-18)24-25-23(26)20-13-14-21(27-2)22(15-20)28-3/h9-15,18H,4-8H2,1-3H3,(H,25,26). The molecule has 148 valence electrons. The smallest absolute Gasteiger partial charge is 0.271 e. The van der Waals surface area contributed by atoms with Crippen LogP contribution in [0.15, 0.2) is 47.6 Å². The van der Waals surface area contributed by atoms with Crippen LogP contribution in [0.25, 0.3) is 0 Å². The number of carbonyl (C=O) groups excluding carboxylic acids is 1. The van der Waals surface area contributed by atoms with Crippen molar-refractivity contribution in [2.75, 3.05) is 14.2 Å². The highest BCUT2D eigenvalue weighted by Gasteiger charge is 2.15. The highest BCUT2D eigenvalue weighted by molar-refractivity contribution is 6.01. The molecule has 0 atom stereocenters. The van der Waals surface area contributed by atoms with E-state index in [2.05, 4.69) is 34.8 Å². The molecule has 1 saturated carbocycles. The molecule has 1 amide bonds. The van der Waals surface area contributed by atoms with Gasteiger partial charge in [0, 0.05) is 5.56 Å². The second kappa shape index (κ2) is 9.40. The van der Waals surface area contributed by atoms with Gasteiger partial charge in [0.2, 0.25) is 0 Å². The molecule has 28 heavy (non-hydrogen) atoms. The van der Waals surface area contributed by atoms with Crippen molar-refractivity contribution >= 4 is 11.6 Å². The number of hydrazone groups is 1. The number of hydrogen-bond acceptors (Lipinski definition) is 4. The van der Waals surface area contributed by atoms with E-state index in [0.29, 0.717) is 23.0 Å². The number of carbonyl (C=O) groups is 1. The fraction of sp³-hybridized carbons (Fsp3) is 0.391. The van der Waals surface area contributed by atoms with Gasteiger partial charge in [0.1, 0.15) is 0 Å². The topological polar surface area (TPSA) is 59.9 Å². The summed E-state index contributed by atoms with van der Waals surface area (Å²) in [6.45, 7) is 1.89. The molecule has 5 nitrogen and oxygen atoms in total. The van der Waals surface area contributed by atoms with Gasteiger partial charge >= 0.3 is 0 Å². The molecule has 0 bridgehead atoms. The molecule has 1 aliphatic carbocycles. The third-order valence-electron chi connectivity index (χ3n) is 5.38. The average molecular weight is 380 g/mol. The number of nitrogens with one attached hydrogen (secondary N) is 1. The molecular formula is C23H28N2O3. The quantitative estimate of drug-likeness (QED) is 0.572. The van der Waals surface area contributed by atoms with Crippen LogP contribution in [0.5, 0.6) is 11.5 Å². The predicted molar refractivity (Wildman–Crippen MR) is 111 cm³/mol. The van der Waals surface area contributed by atoms with Crippen LogP contribution in [0.4, 0.5) is 0 Å². The number of hydrogen-bond donors (Lipinski definition) is 1. The summed E-state index contributed by atoms with van der Waals surface area (Å²) in [5, 5.41) is 4.26. The Labute approximate surface area is 166 Å². The van der Waals surface area contributed by atoms with Crippen molar-refractivity contribution in [3.8, 4) is 11.5 Å². The van der Waals surface area contributed by atoms with Crippen LogP contribution in [-0.2, 0) is 0 Å². The summed E-state index contributed by atoms with van der Waals surface area (Å²) in [5.41, 5.74) is 6.26. The van der Waals surface area contributed by atoms with Crippen LogP contribution in [0, 0.1) is 0 Å². The molecule has 2 aromatic carbocycles. The van der Waals surface area contributed by atoms with Gasteiger partial charge in [-0.25, -0.2) is 5.43 Å². The fourth-order valence-electron chi connectivity index (χ4n) is 3.67. The Bertz CT molecular complexity index is 837.